The van der Waals surface area contributed by atoms with Crippen LogP contribution in [0.2, 0.25) is 5.02 Å². The Kier molecular flexibility index (Phi) is 5.58. The smallest absolute Gasteiger partial charge is 0.250 e. The number of thiazole rings is 1. The molecule has 0 unspecified atom stereocenters. The quantitative estimate of drug-likeness (QED) is 0.278. The largest absolute Gasteiger partial charge is 0.457 e. The van der Waals surface area contributed by atoms with Crippen molar-refractivity contribution in [1.82, 2.24) is 4.98 Å². The number of carbonyl (C=O) groups excluding carboxylic acids is 1. The zero-order chi connectivity index (χ0) is 21.9. The number of nitrogens with zero attached hydrogens (tertiary/aromatic N) is 1. The van der Waals surface area contributed by atoms with Crippen molar-refractivity contribution >= 4 is 50.8 Å². The number of anilines is 1. The molecule has 2 aromatic heterocycles. The SMILES string of the molecule is O=C(C=Cc1ccc(-c2ccc(Cl)cc2)o1)Nc1nc(-c2cccc3ccccc23)cs1. The van der Waals surface area contributed by atoms with Gasteiger partial charge in [0.15, 0.2) is 5.13 Å². The molecule has 0 radical (unpaired) electrons. The minimum atomic E-state index is -0.270. The number of carbonyl (C=O) groups is 1. The first-order chi connectivity index (χ1) is 15.7. The molecular weight excluding hydrogens is 440 g/mol. The second kappa shape index (κ2) is 8.83. The van der Waals surface area contributed by atoms with Gasteiger partial charge in [0.2, 0.25) is 5.91 Å². The minimum Gasteiger partial charge on any atom is -0.457 e. The zero-order valence-electron chi connectivity index (χ0n) is 16.8. The third kappa shape index (κ3) is 4.35. The van der Waals surface area contributed by atoms with Crippen LogP contribution in [0.25, 0.3) is 39.4 Å². The first-order valence-electron chi connectivity index (χ1n) is 9.94. The summed E-state index contributed by atoms with van der Waals surface area (Å²) in [5.74, 6) is 1.02. The molecule has 5 aromatic rings. The molecule has 0 atom stereocenters. The third-order valence-corrected chi connectivity index (χ3v) is 5.96. The van der Waals surface area contributed by atoms with Gasteiger partial charge in [-0.3, -0.25) is 10.1 Å². The molecule has 3 aromatic carbocycles. The van der Waals surface area contributed by atoms with Gasteiger partial charge in [0.1, 0.15) is 11.5 Å². The molecule has 6 heteroatoms. The van der Waals surface area contributed by atoms with Crippen molar-refractivity contribution < 1.29 is 9.21 Å². The summed E-state index contributed by atoms with van der Waals surface area (Å²) in [6.07, 6.45) is 3.07. The van der Waals surface area contributed by atoms with E-state index in [0.29, 0.717) is 21.7 Å². The lowest BCUT2D eigenvalue weighted by Crippen LogP contribution is -2.07. The summed E-state index contributed by atoms with van der Waals surface area (Å²) in [7, 11) is 0. The fourth-order valence-corrected chi connectivity index (χ4v) is 4.26. The first-order valence-corrected chi connectivity index (χ1v) is 11.2. The van der Waals surface area contributed by atoms with Gasteiger partial charge in [0.25, 0.3) is 0 Å². The van der Waals surface area contributed by atoms with E-state index in [0.717, 1.165) is 27.6 Å². The molecule has 0 fully saturated rings. The number of amides is 1. The van der Waals surface area contributed by atoms with Crippen LogP contribution in [0.3, 0.4) is 0 Å². The molecule has 0 spiro atoms. The number of furan rings is 1. The normalized spacial score (nSPS) is 11.3. The van der Waals surface area contributed by atoms with Crippen LogP contribution in [-0.4, -0.2) is 10.9 Å². The van der Waals surface area contributed by atoms with Crippen molar-refractivity contribution in [2.24, 2.45) is 0 Å². The van der Waals surface area contributed by atoms with Crippen molar-refractivity contribution in [1.29, 1.82) is 0 Å². The van der Waals surface area contributed by atoms with Crippen LogP contribution in [-0.2, 0) is 4.79 Å². The molecular formula is C26H17ClN2O2S. The van der Waals surface area contributed by atoms with Gasteiger partial charge in [0.05, 0.1) is 5.69 Å². The molecule has 32 heavy (non-hydrogen) atoms. The maximum absolute atomic E-state index is 12.4. The van der Waals surface area contributed by atoms with Gasteiger partial charge in [-0.15, -0.1) is 11.3 Å². The van der Waals surface area contributed by atoms with Gasteiger partial charge in [-0.05, 0) is 53.2 Å². The molecule has 2 heterocycles. The molecule has 0 aliphatic rings. The van der Waals surface area contributed by atoms with Gasteiger partial charge in [-0.1, -0.05) is 54.1 Å². The third-order valence-electron chi connectivity index (χ3n) is 4.95. The highest BCUT2D eigenvalue weighted by Gasteiger charge is 2.10. The highest BCUT2D eigenvalue weighted by molar-refractivity contribution is 7.14. The maximum atomic E-state index is 12.4. The molecule has 5 rings (SSSR count). The average molecular weight is 457 g/mol. The number of hydrogen-bond donors (Lipinski definition) is 1. The summed E-state index contributed by atoms with van der Waals surface area (Å²) in [6, 6.07) is 25.4. The van der Waals surface area contributed by atoms with Crippen LogP contribution in [0.1, 0.15) is 5.76 Å². The van der Waals surface area contributed by atoms with Crippen LogP contribution >= 0.6 is 22.9 Å². The number of fused-ring (bicyclic) bond motifs is 1. The van der Waals surface area contributed by atoms with E-state index in [9.17, 15) is 4.79 Å². The Bertz CT molecular complexity index is 1430. The molecule has 1 N–H and O–H groups in total. The van der Waals surface area contributed by atoms with E-state index in [-0.39, 0.29) is 5.91 Å². The Balaban J connectivity index is 1.28. The van der Waals surface area contributed by atoms with Crippen LogP contribution in [0.5, 0.6) is 0 Å². The minimum absolute atomic E-state index is 0.270. The predicted molar refractivity (Wildman–Crippen MR) is 132 cm³/mol. The van der Waals surface area contributed by atoms with E-state index < -0.39 is 0 Å². The molecule has 0 saturated heterocycles. The van der Waals surface area contributed by atoms with E-state index in [2.05, 4.69) is 28.5 Å². The van der Waals surface area contributed by atoms with Gasteiger partial charge in [-0.25, -0.2) is 4.98 Å². The number of hydrogen-bond acceptors (Lipinski definition) is 4. The summed E-state index contributed by atoms with van der Waals surface area (Å²) in [6.45, 7) is 0. The summed E-state index contributed by atoms with van der Waals surface area (Å²) in [5, 5.41) is 8.27. The highest BCUT2D eigenvalue weighted by atomic mass is 35.5. The molecule has 4 nitrogen and oxygen atoms in total. The van der Waals surface area contributed by atoms with Crippen molar-refractivity contribution in [3.8, 4) is 22.6 Å². The second-order valence-electron chi connectivity index (χ2n) is 7.10. The van der Waals surface area contributed by atoms with Crippen LogP contribution in [0.4, 0.5) is 5.13 Å². The van der Waals surface area contributed by atoms with E-state index >= 15 is 0 Å². The number of rotatable bonds is 5. The monoisotopic (exact) mass is 456 g/mol. The lowest BCUT2D eigenvalue weighted by Gasteiger charge is -2.03. The number of benzene rings is 3. The van der Waals surface area contributed by atoms with Crippen LogP contribution in [0.15, 0.2) is 94.7 Å². The fourth-order valence-electron chi connectivity index (χ4n) is 3.42. The number of halogens is 1. The van der Waals surface area contributed by atoms with E-state index in [1.165, 1.54) is 17.4 Å². The Morgan fingerprint density at radius 1 is 0.969 bits per heavy atom. The maximum Gasteiger partial charge on any atom is 0.250 e. The molecule has 0 aliphatic carbocycles. The Morgan fingerprint density at radius 2 is 1.78 bits per heavy atom. The van der Waals surface area contributed by atoms with Gasteiger partial charge in [0, 0.05) is 27.6 Å². The number of aromatic nitrogens is 1. The second-order valence-corrected chi connectivity index (χ2v) is 8.39. The fraction of sp³-hybridized carbons (Fsp3) is 0. The highest BCUT2D eigenvalue weighted by Crippen LogP contribution is 2.31. The topological polar surface area (TPSA) is 55.1 Å². The van der Waals surface area contributed by atoms with Crippen molar-refractivity contribution in [3.05, 3.63) is 101 Å². The molecule has 1 amide bonds. The van der Waals surface area contributed by atoms with Crippen molar-refractivity contribution in [2.75, 3.05) is 5.32 Å². The Labute approximate surface area is 193 Å². The molecule has 0 saturated carbocycles. The number of nitrogens with one attached hydrogen (secondary N) is 1. The van der Waals surface area contributed by atoms with Gasteiger partial charge >= 0.3 is 0 Å². The summed E-state index contributed by atoms with van der Waals surface area (Å²) in [4.78, 5) is 17.0. The van der Waals surface area contributed by atoms with E-state index in [1.807, 2.05) is 66.0 Å². The standard InChI is InChI=1S/C26H17ClN2O2S/c27-19-10-8-18(9-11-19)24-14-12-20(31-24)13-15-25(30)29-26-28-23(16-32-26)22-7-3-5-17-4-1-2-6-21(17)22/h1-16H,(H,28,29,30). The summed E-state index contributed by atoms with van der Waals surface area (Å²) in [5.41, 5.74) is 2.80. The zero-order valence-corrected chi connectivity index (χ0v) is 18.4. The van der Waals surface area contributed by atoms with Crippen molar-refractivity contribution in [3.63, 3.8) is 0 Å². The predicted octanol–water partition coefficient (Wildman–Crippen LogP) is 7.53. The summed E-state index contributed by atoms with van der Waals surface area (Å²) >= 11 is 7.32. The van der Waals surface area contributed by atoms with Crippen LogP contribution in [0, 0.1) is 0 Å². The average Bonchev–Trinajstić information content (AvgIpc) is 3.48. The molecule has 0 aliphatic heterocycles. The van der Waals surface area contributed by atoms with Crippen molar-refractivity contribution in [2.45, 2.75) is 0 Å². The van der Waals surface area contributed by atoms with Gasteiger partial charge in [-0.2, -0.15) is 0 Å². The Hall–Kier alpha value is -3.67. The summed E-state index contributed by atoms with van der Waals surface area (Å²) < 4.78 is 5.79. The molecule has 0 bridgehead atoms. The lowest BCUT2D eigenvalue weighted by atomic mass is 10.0. The van der Waals surface area contributed by atoms with E-state index in [4.69, 9.17) is 16.0 Å². The Morgan fingerprint density at radius 3 is 2.66 bits per heavy atom. The molecule has 156 valence electrons. The van der Waals surface area contributed by atoms with E-state index in [1.54, 1.807) is 6.08 Å². The lowest BCUT2D eigenvalue weighted by molar-refractivity contribution is -0.111. The first kappa shape index (κ1) is 20.2. The van der Waals surface area contributed by atoms with Crippen LogP contribution < -0.4 is 5.32 Å². The van der Waals surface area contributed by atoms with Gasteiger partial charge < -0.3 is 4.42 Å².